The van der Waals surface area contributed by atoms with Crippen LogP contribution < -0.4 is 5.32 Å². The number of methoxy groups -OCH3 is 1. The van der Waals surface area contributed by atoms with Crippen molar-refractivity contribution >= 4 is 0 Å². The highest BCUT2D eigenvalue weighted by molar-refractivity contribution is 4.83. The molecule has 0 aromatic heterocycles. The molecule has 0 saturated heterocycles. The molecule has 2 nitrogen and oxygen atoms in total. The third kappa shape index (κ3) is 4.06. The van der Waals surface area contributed by atoms with Gasteiger partial charge >= 0.3 is 0 Å². The predicted molar refractivity (Wildman–Crippen MR) is 69.7 cm³/mol. The van der Waals surface area contributed by atoms with Crippen molar-refractivity contribution in [2.75, 3.05) is 13.7 Å². The molecule has 1 fully saturated rings. The quantitative estimate of drug-likeness (QED) is 0.778. The van der Waals surface area contributed by atoms with Crippen LogP contribution in [0, 0.1) is 11.3 Å². The second-order valence-electron chi connectivity index (χ2n) is 6.28. The number of hydrogen-bond donors (Lipinski definition) is 1. The van der Waals surface area contributed by atoms with E-state index >= 15 is 0 Å². The molecule has 0 aromatic rings. The van der Waals surface area contributed by atoms with E-state index in [-0.39, 0.29) is 5.41 Å². The molecule has 1 saturated carbocycles. The summed E-state index contributed by atoms with van der Waals surface area (Å²) in [6.07, 6.45) is 5.76. The van der Waals surface area contributed by atoms with Crippen molar-refractivity contribution < 1.29 is 4.74 Å². The van der Waals surface area contributed by atoms with Crippen LogP contribution in [0.4, 0.5) is 0 Å². The van der Waals surface area contributed by atoms with Crippen molar-refractivity contribution in [3.05, 3.63) is 0 Å². The standard InChI is InChI=1S/C14H29NO/c1-6-11-7-8-12(9-11)15-10-13(16-5)14(2,3)4/h11-13,15H,6-10H2,1-5H3. The predicted octanol–water partition coefficient (Wildman–Crippen LogP) is 3.22. The minimum atomic E-state index is 0.227. The average molecular weight is 227 g/mol. The first-order valence-corrected chi connectivity index (χ1v) is 6.73. The van der Waals surface area contributed by atoms with Gasteiger partial charge in [0.1, 0.15) is 0 Å². The molecule has 0 spiro atoms. The van der Waals surface area contributed by atoms with Gasteiger partial charge in [-0.05, 0) is 30.6 Å². The number of ether oxygens (including phenoxy) is 1. The van der Waals surface area contributed by atoms with Crippen molar-refractivity contribution in [3.63, 3.8) is 0 Å². The van der Waals surface area contributed by atoms with Gasteiger partial charge in [-0.3, -0.25) is 0 Å². The molecule has 3 atom stereocenters. The van der Waals surface area contributed by atoms with Crippen molar-refractivity contribution in [1.29, 1.82) is 0 Å². The van der Waals surface area contributed by atoms with Gasteiger partial charge in [0.15, 0.2) is 0 Å². The molecule has 0 bridgehead atoms. The number of nitrogens with one attached hydrogen (secondary N) is 1. The van der Waals surface area contributed by atoms with Gasteiger partial charge in [0.25, 0.3) is 0 Å². The maximum Gasteiger partial charge on any atom is 0.0743 e. The lowest BCUT2D eigenvalue weighted by atomic mass is 9.89. The summed E-state index contributed by atoms with van der Waals surface area (Å²) in [7, 11) is 1.82. The van der Waals surface area contributed by atoms with Gasteiger partial charge in [-0.1, -0.05) is 34.1 Å². The zero-order valence-electron chi connectivity index (χ0n) is 11.7. The van der Waals surface area contributed by atoms with Crippen LogP contribution in [-0.4, -0.2) is 25.8 Å². The van der Waals surface area contributed by atoms with E-state index in [0.717, 1.165) is 18.5 Å². The molecule has 0 aromatic carbocycles. The van der Waals surface area contributed by atoms with E-state index in [1.54, 1.807) is 0 Å². The minimum Gasteiger partial charge on any atom is -0.380 e. The van der Waals surface area contributed by atoms with E-state index in [4.69, 9.17) is 4.74 Å². The summed E-state index contributed by atoms with van der Waals surface area (Å²) in [5.41, 5.74) is 0.227. The van der Waals surface area contributed by atoms with Crippen LogP contribution >= 0.6 is 0 Å². The molecule has 1 N–H and O–H groups in total. The first-order chi connectivity index (χ1) is 7.47. The summed E-state index contributed by atoms with van der Waals surface area (Å²) < 4.78 is 5.57. The molecule has 0 aliphatic heterocycles. The van der Waals surface area contributed by atoms with E-state index in [0.29, 0.717) is 6.10 Å². The molecule has 3 unspecified atom stereocenters. The molecule has 96 valence electrons. The van der Waals surface area contributed by atoms with Gasteiger partial charge in [-0.25, -0.2) is 0 Å². The fraction of sp³-hybridized carbons (Fsp3) is 1.00. The molecule has 0 radical (unpaired) electrons. The summed E-state index contributed by atoms with van der Waals surface area (Å²) >= 11 is 0. The number of hydrogen-bond acceptors (Lipinski definition) is 2. The van der Waals surface area contributed by atoms with E-state index in [2.05, 4.69) is 33.0 Å². The largest absolute Gasteiger partial charge is 0.380 e. The molecule has 0 amide bonds. The highest BCUT2D eigenvalue weighted by Crippen LogP contribution is 2.28. The Labute approximate surface area is 101 Å². The van der Waals surface area contributed by atoms with Crippen LogP contribution in [-0.2, 0) is 4.74 Å². The van der Waals surface area contributed by atoms with Crippen molar-refractivity contribution in [3.8, 4) is 0 Å². The van der Waals surface area contributed by atoms with Crippen molar-refractivity contribution in [1.82, 2.24) is 5.32 Å². The van der Waals surface area contributed by atoms with Gasteiger partial charge < -0.3 is 10.1 Å². The van der Waals surface area contributed by atoms with Crippen LogP contribution in [0.2, 0.25) is 0 Å². The summed E-state index contributed by atoms with van der Waals surface area (Å²) in [6.45, 7) is 10.0. The summed E-state index contributed by atoms with van der Waals surface area (Å²) in [6, 6.07) is 0.727. The van der Waals surface area contributed by atoms with Gasteiger partial charge in [-0.2, -0.15) is 0 Å². The fourth-order valence-corrected chi connectivity index (χ4v) is 2.65. The summed E-state index contributed by atoms with van der Waals surface area (Å²) in [5.74, 6) is 0.952. The smallest absolute Gasteiger partial charge is 0.0743 e. The van der Waals surface area contributed by atoms with E-state index < -0.39 is 0 Å². The zero-order chi connectivity index (χ0) is 12.2. The topological polar surface area (TPSA) is 21.3 Å². The zero-order valence-corrected chi connectivity index (χ0v) is 11.7. The maximum atomic E-state index is 5.57. The number of rotatable bonds is 5. The van der Waals surface area contributed by atoms with Crippen LogP contribution in [0.25, 0.3) is 0 Å². The Morgan fingerprint density at radius 3 is 2.44 bits per heavy atom. The lowest BCUT2D eigenvalue weighted by Gasteiger charge is -2.30. The minimum absolute atomic E-state index is 0.227. The van der Waals surface area contributed by atoms with Crippen LogP contribution in [0.1, 0.15) is 53.4 Å². The van der Waals surface area contributed by atoms with Crippen molar-refractivity contribution in [2.45, 2.75) is 65.5 Å². The molecule has 1 rings (SSSR count). The van der Waals surface area contributed by atoms with Gasteiger partial charge in [0.05, 0.1) is 6.10 Å². The third-order valence-electron chi connectivity index (χ3n) is 3.96. The Hall–Kier alpha value is -0.0800. The molecular weight excluding hydrogens is 198 g/mol. The van der Waals surface area contributed by atoms with Crippen LogP contribution in [0.15, 0.2) is 0 Å². The normalized spacial score (nSPS) is 28.3. The average Bonchev–Trinajstić information content (AvgIpc) is 2.64. The lowest BCUT2D eigenvalue weighted by molar-refractivity contribution is 0.0157. The van der Waals surface area contributed by atoms with E-state index in [1.165, 1.54) is 25.7 Å². The summed E-state index contributed by atoms with van der Waals surface area (Å²) in [4.78, 5) is 0. The molecule has 2 heteroatoms. The second kappa shape index (κ2) is 6.02. The highest BCUT2D eigenvalue weighted by Gasteiger charge is 2.27. The Bertz CT molecular complexity index is 197. The Balaban J connectivity index is 2.28. The van der Waals surface area contributed by atoms with Gasteiger partial charge in [0, 0.05) is 19.7 Å². The Morgan fingerprint density at radius 2 is 2.00 bits per heavy atom. The summed E-state index contributed by atoms with van der Waals surface area (Å²) in [5, 5.41) is 3.68. The monoisotopic (exact) mass is 227 g/mol. The maximum absolute atomic E-state index is 5.57. The van der Waals surface area contributed by atoms with Gasteiger partial charge in [-0.15, -0.1) is 0 Å². The first-order valence-electron chi connectivity index (χ1n) is 6.73. The van der Waals surface area contributed by atoms with Crippen LogP contribution in [0.5, 0.6) is 0 Å². The van der Waals surface area contributed by atoms with Crippen molar-refractivity contribution in [2.24, 2.45) is 11.3 Å². The molecule has 16 heavy (non-hydrogen) atoms. The molecule has 1 aliphatic rings. The van der Waals surface area contributed by atoms with E-state index in [9.17, 15) is 0 Å². The molecule has 0 heterocycles. The van der Waals surface area contributed by atoms with Crippen LogP contribution in [0.3, 0.4) is 0 Å². The third-order valence-corrected chi connectivity index (χ3v) is 3.96. The SMILES string of the molecule is CCC1CCC(NCC(OC)C(C)(C)C)C1. The highest BCUT2D eigenvalue weighted by atomic mass is 16.5. The fourth-order valence-electron chi connectivity index (χ4n) is 2.65. The first kappa shape index (κ1) is 14.0. The molecule has 1 aliphatic carbocycles. The lowest BCUT2D eigenvalue weighted by Crippen LogP contribution is -2.41. The second-order valence-corrected chi connectivity index (χ2v) is 6.28. The Kier molecular flexibility index (Phi) is 5.26. The van der Waals surface area contributed by atoms with E-state index in [1.807, 2.05) is 7.11 Å². The van der Waals surface area contributed by atoms with Gasteiger partial charge in [0.2, 0.25) is 0 Å². The Morgan fingerprint density at radius 1 is 1.31 bits per heavy atom. The molecular formula is C14H29NO.